The highest BCUT2D eigenvalue weighted by atomic mass is 32.1. The molecule has 0 saturated carbocycles. The molecule has 3 heterocycles. The van der Waals surface area contributed by atoms with E-state index >= 15 is 0 Å². The first-order valence-corrected chi connectivity index (χ1v) is 7.30. The molecular weight excluding hydrogens is 270 g/mol. The molecule has 0 radical (unpaired) electrons. The van der Waals surface area contributed by atoms with E-state index in [1.165, 1.54) is 9.88 Å². The molecule has 3 aromatic rings. The zero-order chi connectivity index (χ0) is 13.8. The highest BCUT2D eigenvalue weighted by Crippen LogP contribution is 2.16. The lowest BCUT2D eigenvalue weighted by Gasteiger charge is -2.05. The molecular formula is C14H15N5S. The third-order valence-electron chi connectivity index (χ3n) is 2.86. The van der Waals surface area contributed by atoms with Gasteiger partial charge in [0.05, 0.1) is 23.4 Å². The van der Waals surface area contributed by atoms with Gasteiger partial charge in [0.2, 0.25) is 0 Å². The summed E-state index contributed by atoms with van der Waals surface area (Å²) >= 11 is 1.75. The second-order valence-corrected chi connectivity index (χ2v) is 5.48. The Balaban J connectivity index is 1.63. The lowest BCUT2D eigenvalue weighted by molar-refractivity contribution is 0.847. The summed E-state index contributed by atoms with van der Waals surface area (Å²) in [6.07, 6.45) is 8.35. The Labute approximate surface area is 121 Å². The summed E-state index contributed by atoms with van der Waals surface area (Å²) in [7, 11) is 0. The van der Waals surface area contributed by atoms with E-state index < -0.39 is 0 Å². The third kappa shape index (κ3) is 2.85. The Hall–Kier alpha value is -2.21. The first-order valence-electron chi connectivity index (χ1n) is 6.48. The summed E-state index contributed by atoms with van der Waals surface area (Å²) in [6, 6.07) is 5.83. The van der Waals surface area contributed by atoms with Crippen LogP contribution in [0.1, 0.15) is 16.8 Å². The average Bonchev–Trinajstić information content (AvgIpc) is 3.17. The minimum Gasteiger partial charge on any atom is -0.379 e. The molecule has 0 aliphatic carbocycles. The van der Waals surface area contributed by atoms with Gasteiger partial charge in [-0.25, -0.2) is 14.6 Å². The molecule has 5 nitrogen and oxygen atoms in total. The number of rotatable bonds is 5. The molecule has 3 aromatic heterocycles. The Kier molecular flexibility index (Phi) is 3.73. The minimum absolute atomic E-state index is 0.778. The fourth-order valence-electron chi connectivity index (χ4n) is 1.81. The van der Waals surface area contributed by atoms with Crippen molar-refractivity contribution in [2.24, 2.45) is 0 Å². The van der Waals surface area contributed by atoms with Gasteiger partial charge < -0.3 is 5.32 Å². The predicted octanol–water partition coefficient (Wildman–Crippen LogP) is 2.90. The van der Waals surface area contributed by atoms with Gasteiger partial charge in [0.25, 0.3) is 0 Å². The summed E-state index contributed by atoms with van der Waals surface area (Å²) in [5.74, 6) is 0.812. The van der Waals surface area contributed by atoms with Crippen LogP contribution in [0.2, 0.25) is 0 Å². The van der Waals surface area contributed by atoms with E-state index in [0.29, 0.717) is 0 Å². The SMILES string of the molecule is CCc1ncc(CNc2ccc(-n3cccn3)nc2)s1. The van der Waals surface area contributed by atoms with Crippen LogP contribution in [0, 0.1) is 0 Å². The van der Waals surface area contributed by atoms with Crippen molar-refractivity contribution in [3.63, 3.8) is 0 Å². The van der Waals surface area contributed by atoms with Gasteiger partial charge in [-0.05, 0) is 24.6 Å². The Morgan fingerprint density at radius 3 is 2.85 bits per heavy atom. The Morgan fingerprint density at radius 1 is 1.25 bits per heavy atom. The molecule has 102 valence electrons. The van der Waals surface area contributed by atoms with Crippen molar-refractivity contribution in [3.8, 4) is 5.82 Å². The van der Waals surface area contributed by atoms with Crippen LogP contribution in [0.15, 0.2) is 43.0 Å². The zero-order valence-corrected chi connectivity index (χ0v) is 12.0. The molecule has 20 heavy (non-hydrogen) atoms. The lowest BCUT2D eigenvalue weighted by Crippen LogP contribution is -2.01. The number of pyridine rings is 1. The van der Waals surface area contributed by atoms with Crippen LogP contribution >= 0.6 is 11.3 Å². The van der Waals surface area contributed by atoms with Gasteiger partial charge in [-0.3, -0.25) is 0 Å². The highest BCUT2D eigenvalue weighted by Gasteiger charge is 2.01. The molecule has 0 unspecified atom stereocenters. The van der Waals surface area contributed by atoms with Crippen LogP contribution in [-0.2, 0) is 13.0 Å². The van der Waals surface area contributed by atoms with Gasteiger partial charge in [-0.1, -0.05) is 6.92 Å². The normalized spacial score (nSPS) is 10.7. The molecule has 0 aliphatic rings. The number of anilines is 1. The smallest absolute Gasteiger partial charge is 0.153 e. The number of aryl methyl sites for hydroxylation is 1. The van der Waals surface area contributed by atoms with Crippen LogP contribution in [0.5, 0.6) is 0 Å². The van der Waals surface area contributed by atoms with E-state index in [-0.39, 0.29) is 0 Å². The number of hydrogen-bond acceptors (Lipinski definition) is 5. The van der Waals surface area contributed by atoms with Gasteiger partial charge >= 0.3 is 0 Å². The summed E-state index contributed by atoms with van der Waals surface area (Å²) in [4.78, 5) is 9.96. The lowest BCUT2D eigenvalue weighted by atomic mass is 10.4. The third-order valence-corrected chi connectivity index (χ3v) is 4.00. The molecule has 1 N–H and O–H groups in total. The molecule has 3 rings (SSSR count). The molecule has 0 amide bonds. The van der Waals surface area contributed by atoms with Crippen molar-refractivity contribution in [2.75, 3.05) is 5.32 Å². The molecule has 0 bridgehead atoms. The first-order chi connectivity index (χ1) is 9.85. The Bertz CT molecular complexity index is 657. The molecule has 0 fully saturated rings. The molecule has 6 heteroatoms. The van der Waals surface area contributed by atoms with Crippen molar-refractivity contribution < 1.29 is 0 Å². The van der Waals surface area contributed by atoms with Crippen LogP contribution < -0.4 is 5.32 Å². The quantitative estimate of drug-likeness (QED) is 0.783. The van der Waals surface area contributed by atoms with Crippen molar-refractivity contribution >= 4 is 17.0 Å². The van der Waals surface area contributed by atoms with Crippen LogP contribution in [0.4, 0.5) is 5.69 Å². The van der Waals surface area contributed by atoms with E-state index in [9.17, 15) is 0 Å². The van der Waals surface area contributed by atoms with Gasteiger partial charge in [-0.2, -0.15) is 5.10 Å². The van der Waals surface area contributed by atoms with Gasteiger partial charge in [0.1, 0.15) is 0 Å². The highest BCUT2D eigenvalue weighted by molar-refractivity contribution is 7.11. The monoisotopic (exact) mass is 285 g/mol. The van der Waals surface area contributed by atoms with Crippen molar-refractivity contribution in [3.05, 3.63) is 52.9 Å². The number of nitrogens with one attached hydrogen (secondary N) is 1. The van der Waals surface area contributed by atoms with Crippen LogP contribution in [-0.4, -0.2) is 19.7 Å². The Morgan fingerprint density at radius 2 is 2.20 bits per heavy atom. The number of nitrogens with zero attached hydrogens (tertiary/aromatic N) is 4. The molecule has 0 aromatic carbocycles. The first kappa shape index (κ1) is 12.8. The molecule has 0 spiro atoms. The van der Waals surface area contributed by atoms with E-state index in [1.807, 2.05) is 36.8 Å². The summed E-state index contributed by atoms with van der Waals surface area (Å²) in [5, 5.41) is 8.67. The van der Waals surface area contributed by atoms with Crippen LogP contribution in [0.3, 0.4) is 0 Å². The summed E-state index contributed by atoms with van der Waals surface area (Å²) in [6.45, 7) is 2.90. The topological polar surface area (TPSA) is 55.6 Å². The standard InChI is InChI=1S/C14H15N5S/c1-2-14-17-10-12(20-14)9-15-11-4-5-13(16-8-11)19-7-3-6-18-19/h3-8,10,15H,2,9H2,1H3. The molecule has 0 saturated heterocycles. The van der Waals surface area contributed by atoms with Crippen LogP contribution in [0.25, 0.3) is 5.82 Å². The van der Waals surface area contributed by atoms with Gasteiger partial charge in [0.15, 0.2) is 5.82 Å². The maximum absolute atomic E-state index is 4.38. The van der Waals surface area contributed by atoms with Gasteiger partial charge in [-0.15, -0.1) is 11.3 Å². The summed E-state index contributed by atoms with van der Waals surface area (Å²) in [5.41, 5.74) is 0.993. The van der Waals surface area contributed by atoms with Crippen molar-refractivity contribution in [2.45, 2.75) is 19.9 Å². The fraction of sp³-hybridized carbons (Fsp3) is 0.214. The fourth-order valence-corrected chi connectivity index (χ4v) is 2.62. The molecule has 0 atom stereocenters. The minimum atomic E-state index is 0.778. The van der Waals surface area contributed by atoms with Crippen molar-refractivity contribution in [1.29, 1.82) is 0 Å². The number of aromatic nitrogens is 4. The second-order valence-electron chi connectivity index (χ2n) is 4.28. The van der Waals surface area contributed by atoms with Gasteiger partial charge in [0, 0.05) is 23.5 Å². The van der Waals surface area contributed by atoms with E-state index in [4.69, 9.17) is 0 Å². The largest absolute Gasteiger partial charge is 0.379 e. The molecule has 0 aliphatic heterocycles. The maximum Gasteiger partial charge on any atom is 0.153 e. The summed E-state index contributed by atoms with van der Waals surface area (Å²) < 4.78 is 1.74. The average molecular weight is 285 g/mol. The zero-order valence-electron chi connectivity index (χ0n) is 11.2. The van der Waals surface area contributed by atoms with Crippen molar-refractivity contribution in [1.82, 2.24) is 19.7 Å². The maximum atomic E-state index is 4.38. The van der Waals surface area contributed by atoms with E-state index in [1.54, 1.807) is 22.2 Å². The second kappa shape index (κ2) is 5.83. The number of hydrogen-bond donors (Lipinski definition) is 1. The predicted molar refractivity (Wildman–Crippen MR) is 80.2 cm³/mol. The van der Waals surface area contributed by atoms with E-state index in [2.05, 4.69) is 27.3 Å². The number of thiazole rings is 1. The van der Waals surface area contributed by atoms with E-state index in [0.717, 1.165) is 24.5 Å².